The molecule has 0 spiro atoms. The second-order valence-corrected chi connectivity index (χ2v) is 7.21. The van der Waals surface area contributed by atoms with E-state index in [1.54, 1.807) is 42.5 Å². The molecule has 6 heteroatoms. The van der Waals surface area contributed by atoms with Gasteiger partial charge in [0.1, 0.15) is 17.7 Å². The molecule has 1 N–H and O–H groups in total. The monoisotopic (exact) mass is 370 g/mol. The topological polar surface area (TPSA) is 65.0 Å². The minimum absolute atomic E-state index is 0.0976. The summed E-state index contributed by atoms with van der Waals surface area (Å²) in [7, 11) is -2.71. The van der Waals surface area contributed by atoms with E-state index in [1.165, 1.54) is 13.2 Å². The number of para-hydroxylation sites is 3. The van der Waals surface area contributed by atoms with Gasteiger partial charge in [0, 0.05) is 0 Å². The average molecular weight is 370 g/mol. The summed E-state index contributed by atoms with van der Waals surface area (Å²) < 4.78 is 29.2. The highest BCUT2D eigenvalue weighted by Gasteiger charge is 2.29. The molecule has 26 heavy (non-hydrogen) atoms. The van der Waals surface area contributed by atoms with Gasteiger partial charge in [0.2, 0.25) is 0 Å². The first-order chi connectivity index (χ1) is 12.6. The molecule has 0 fully saturated rings. The van der Waals surface area contributed by atoms with Crippen molar-refractivity contribution in [2.24, 2.45) is 0 Å². The van der Waals surface area contributed by atoms with Gasteiger partial charge in [-0.1, -0.05) is 54.6 Å². The molecule has 1 unspecified atom stereocenters. The number of hydrogen-bond donors (Lipinski definition) is 1. The lowest BCUT2D eigenvalue weighted by molar-refractivity contribution is 0.292. The van der Waals surface area contributed by atoms with Crippen LogP contribution in [-0.2, 0) is 11.2 Å². The van der Waals surface area contributed by atoms with E-state index >= 15 is 0 Å². The Morgan fingerprint density at radius 2 is 1.38 bits per heavy atom. The second kappa shape index (κ2) is 8.09. The van der Waals surface area contributed by atoms with Crippen LogP contribution in [-0.4, -0.2) is 12.0 Å². The minimum Gasteiger partial charge on any atom is -0.496 e. The van der Waals surface area contributed by atoms with Crippen molar-refractivity contribution in [1.29, 1.82) is 0 Å². The molecule has 0 radical (unpaired) electrons. The first-order valence-corrected chi connectivity index (χ1v) is 9.59. The fourth-order valence-corrected chi connectivity index (χ4v) is 3.66. The van der Waals surface area contributed by atoms with Gasteiger partial charge in [0.25, 0.3) is 0 Å². The van der Waals surface area contributed by atoms with Crippen LogP contribution in [0.2, 0.25) is 0 Å². The van der Waals surface area contributed by atoms with E-state index in [1.807, 2.05) is 30.3 Å². The maximum Gasteiger partial charge on any atom is 0.412 e. The van der Waals surface area contributed by atoms with Crippen molar-refractivity contribution in [2.45, 2.75) is 6.61 Å². The Morgan fingerprint density at radius 1 is 0.808 bits per heavy atom. The third-order valence-electron chi connectivity index (χ3n) is 3.70. The van der Waals surface area contributed by atoms with Gasteiger partial charge < -0.3 is 18.9 Å². The molecule has 0 aliphatic heterocycles. The summed E-state index contributed by atoms with van der Waals surface area (Å²) in [5.41, 5.74) is 0.985. The van der Waals surface area contributed by atoms with Crippen molar-refractivity contribution in [3.05, 3.63) is 84.4 Å². The minimum atomic E-state index is -4.15. The van der Waals surface area contributed by atoms with Crippen molar-refractivity contribution in [2.75, 3.05) is 7.11 Å². The van der Waals surface area contributed by atoms with Crippen molar-refractivity contribution in [3.8, 4) is 17.2 Å². The van der Waals surface area contributed by atoms with Crippen LogP contribution >= 0.6 is 7.60 Å². The lowest BCUT2D eigenvalue weighted by Gasteiger charge is -2.18. The Bertz CT molecular complexity index is 911. The van der Waals surface area contributed by atoms with Crippen LogP contribution in [0.25, 0.3) is 0 Å². The molecule has 0 aromatic heterocycles. The first kappa shape index (κ1) is 18.1. The Kier molecular flexibility index (Phi) is 5.61. The van der Waals surface area contributed by atoms with Crippen LogP contribution in [0.1, 0.15) is 5.56 Å². The molecule has 0 amide bonds. The van der Waals surface area contributed by atoms with Gasteiger partial charge in [0.05, 0.1) is 7.11 Å². The van der Waals surface area contributed by atoms with Crippen LogP contribution < -0.4 is 19.3 Å². The van der Waals surface area contributed by atoms with E-state index in [0.717, 1.165) is 5.56 Å². The first-order valence-electron chi connectivity index (χ1n) is 8.02. The fraction of sp³-hybridized carbons (Fsp3) is 0.100. The summed E-state index contributed by atoms with van der Waals surface area (Å²) in [6, 6.07) is 22.9. The van der Waals surface area contributed by atoms with Crippen LogP contribution in [0, 0.1) is 0 Å². The molecule has 0 aliphatic carbocycles. The average Bonchev–Trinajstić information content (AvgIpc) is 2.68. The van der Waals surface area contributed by atoms with Gasteiger partial charge in [0.15, 0.2) is 11.5 Å². The van der Waals surface area contributed by atoms with Crippen LogP contribution in [0.3, 0.4) is 0 Å². The molecule has 0 heterocycles. The van der Waals surface area contributed by atoms with Crippen molar-refractivity contribution < 1.29 is 23.5 Å². The van der Waals surface area contributed by atoms with Crippen LogP contribution in [0.4, 0.5) is 0 Å². The van der Waals surface area contributed by atoms with Crippen molar-refractivity contribution in [3.63, 3.8) is 0 Å². The lowest BCUT2D eigenvalue weighted by atomic mass is 10.2. The largest absolute Gasteiger partial charge is 0.496 e. The van der Waals surface area contributed by atoms with Gasteiger partial charge in [-0.05, 0) is 29.8 Å². The Hall–Kier alpha value is -2.75. The Labute approximate surface area is 152 Å². The molecule has 0 saturated carbocycles. The van der Waals surface area contributed by atoms with Gasteiger partial charge in [-0.2, -0.15) is 0 Å². The molecular weight excluding hydrogens is 351 g/mol. The third kappa shape index (κ3) is 4.26. The summed E-state index contributed by atoms with van der Waals surface area (Å²) in [4.78, 5) is 10.5. The third-order valence-corrected chi connectivity index (χ3v) is 5.12. The number of hydrogen-bond acceptors (Lipinski definition) is 4. The molecular formula is C20H19O5P. The Balaban J connectivity index is 1.82. The van der Waals surface area contributed by atoms with Crippen LogP contribution in [0.5, 0.6) is 17.2 Å². The lowest BCUT2D eigenvalue weighted by Crippen LogP contribution is -2.12. The maximum atomic E-state index is 12.8. The summed E-state index contributed by atoms with van der Waals surface area (Å²) in [6.45, 7) is 0.325. The summed E-state index contributed by atoms with van der Waals surface area (Å²) in [5, 5.41) is 0.0976. The zero-order valence-electron chi connectivity index (χ0n) is 14.2. The quantitative estimate of drug-likeness (QED) is 0.633. The number of benzene rings is 3. The summed E-state index contributed by atoms with van der Waals surface area (Å²) >= 11 is 0. The van der Waals surface area contributed by atoms with E-state index in [0.29, 0.717) is 18.1 Å². The molecule has 134 valence electrons. The highest BCUT2D eigenvalue weighted by atomic mass is 31.2. The number of ether oxygens (including phenoxy) is 2. The van der Waals surface area contributed by atoms with Gasteiger partial charge >= 0.3 is 7.60 Å². The molecule has 0 bridgehead atoms. The van der Waals surface area contributed by atoms with Gasteiger partial charge in [-0.25, -0.2) is 4.57 Å². The Morgan fingerprint density at radius 3 is 2.08 bits per heavy atom. The summed E-state index contributed by atoms with van der Waals surface area (Å²) in [6.07, 6.45) is 0. The molecule has 1 atom stereocenters. The molecule has 3 rings (SSSR count). The predicted molar refractivity (Wildman–Crippen MR) is 100 cm³/mol. The zero-order valence-corrected chi connectivity index (χ0v) is 15.1. The van der Waals surface area contributed by atoms with E-state index in [-0.39, 0.29) is 11.1 Å². The van der Waals surface area contributed by atoms with Gasteiger partial charge in [-0.15, -0.1) is 0 Å². The molecule has 3 aromatic rings. The van der Waals surface area contributed by atoms with Crippen molar-refractivity contribution in [1.82, 2.24) is 0 Å². The normalized spacial score (nSPS) is 12.8. The van der Waals surface area contributed by atoms with E-state index in [9.17, 15) is 9.46 Å². The standard InChI is InChI=1S/C20H19O5P/c1-23-19-13-7-8-14-20(19)26(21,22)25-18-12-6-5-11-17(18)24-15-16-9-3-2-4-10-16/h2-14H,15H2,1H3,(H,21,22). The maximum absolute atomic E-state index is 12.8. The SMILES string of the molecule is COc1ccccc1P(=O)(O)Oc1ccccc1OCc1ccccc1. The fourth-order valence-electron chi connectivity index (χ4n) is 2.43. The molecule has 0 aliphatic rings. The van der Waals surface area contributed by atoms with E-state index in [4.69, 9.17) is 14.0 Å². The molecule has 3 aromatic carbocycles. The summed E-state index contributed by atoms with van der Waals surface area (Å²) in [5.74, 6) is 0.877. The number of methoxy groups -OCH3 is 1. The van der Waals surface area contributed by atoms with Gasteiger partial charge in [-0.3, -0.25) is 0 Å². The molecule has 0 saturated heterocycles. The number of rotatable bonds is 7. The van der Waals surface area contributed by atoms with Crippen molar-refractivity contribution >= 4 is 12.9 Å². The highest BCUT2D eigenvalue weighted by molar-refractivity contribution is 7.61. The predicted octanol–water partition coefficient (Wildman–Crippen LogP) is 4.16. The smallest absolute Gasteiger partial charge is 0.412 e. The molecule has 5 nitrogen and oxygen atoms in total. The van der Waals surface area contributed by atoms with E-state index in [2.05, 4.69) is 0 Å². The second-order valence-electron chi connectivity index (χ2n) is 5.50. The van der Waals surface area contributed by atoms with Crippen LogP contribution in [0.15, 0.2) is 78.9 Å². The van der Waals surface area contributed by atoms with E-state index < -0.39 is 7.60 Å². The highest BCUT2D eigenvalue weighted by Crippen LogP contribution is 2.46. The zero-order chi connectivity index (χ0) is 18.4.